The highest BCUT2D eigenvalue weighted by atomic mass is 19.1. The maximum atomic E-state index is 13.4. The third kappa shape index (κ3) is 7.83. The van der Waals surface area contributed by atoms with Gasteiger partial charge >= 0.3 is 6.09 Å². The van der Waals surface area contributed by atoms with Crippen molar-refractivity contribution in [2.24, 2.45) is 0 Å². The fraction of sp³-hybridized carbons (Fsp3) is 0.462. The monoisotopic (exact) mass is 496 g/mol. The van der Waals surface area contributed by atoms with Gasteiger partial charge in [-0.15, -0.1) is 0 Å². The van der Waals surface area contributed by atoms with E-state index < -0.39 is 17.7 Å². The zero-order chi connectivity index (χ0) is 26.1. The van der Waals surface area contributed by atoms with Gasteiger partial charge in [0, 0.05) is 32.2 Å². The number of benzene rings is 1. The number of ether oxygens (including phenoxy) is 1. The Morgan fingerprint density at radius 2 is 2.11 bits per heavy atom. The van der Waals surface area contributed by atoms with E-state index in [0.29, 0.717) is 55.4 Å². The van der Waals surface area contributed by atoms with Crippen molar-refractivity contribution in [3.8, 4) is 11.8 Å². The first-order chi connectivity index (χ1) is 17.2. The molecular formula is C26H33FN6O3. The van der Waals surface area contributed by atoms with E-state index in [4.69, 9.17) is 4.74 Å². The molecule has 3 N–H and O–H groups in total. The van der Waals surface area contributed by atoms with E-state index in [1.54, 1.807) is 46.1 Å². The number of unbranched alkanes of at least 4 members (excludes halogenated alkanes) is 1. The Kier molecular flexibility index (Phi) is 9.06. The first-order valence-corrected chi connectivity index (χ1v) is 12.0. The Balaban J connectivity index is 1.47. The van der Waals surface area contributed by atoms with Crippen LogP contribution in [0.3, 0.4) is 0 Å². The molecular weight excluding hydrogens is 463 g/mol. The molecule has 0 bridgehead atoms. The fourth-order valence-corrected chi connectivity index (χ4v) is 3.66. The third-order valence-corrected chi connectivity index (χ3v) is 5.29. The number of nitrogens with zero attached hydrogens (tertiary/aromatic N) is 3. The summed E-state index contributed by atoms with van der Waals surface area (Å²) in [4.78, 5) is 35.1. The Hall–Kier alpha value is -3.87. The SMILES string of the molecule is CNc1nc(Nc2cccc(F)c2)ncc1C#CCCCNC(=O)[C@@H]1CCCN1C(=O)OC(C)(C)C. The summed E-state index contributed by atoms with van der Waals surface area (Å²) in [6.07, 6.45) is 3.77. The van der Waals surface area contributed by atoms with E-state index in [0.717, 1.165) is 6.42 Å². The average molecular weight is 497 g/mol. The van der Waals surface area contributed by atoms with Crippen LogP contribution in [-0.4, -0.2) is 58.6 Å². The van der Waals surface area contributed by atoms with Crippen molar-refractivity contribution < 1.29 is 18.7 Å². The predicted molar refractivity (Wildman–Crippen MR) is 136 cm³/mol. The maximum absolute atomic E-state index is 13.4. The summed E-state index contributed by atoms with van der Waals surface area (Å²) in [5.74, 6) is 6.47. The maximum Gasteiger partial charge on any atom is 0.410 e. The van der Waals surface area contributed by atoms with E-state index in [1.165, 1.54) is 17.0 Å². The molecule has 2 amide bonds. The number of rotatable bonds is 7. The first-order valence-electron chi connectivity index (χ1n) is 12.0. The third-order valence-electron chi connectivity index (χ3n) is 5.29. The summed E-state index contributed by atoms with van der Waals surface area (Å²) in [6.45, 7) is 6.39. The van der Waals surface area contributed by atoms with Crippen LogP contribution in [0.5, 0.6) is 0 Å². The first kappa shape index (κ1) is 26.7. The molecule has 1 fully saturated rings. The molecule has 1 aromatic heterocycles. The number of amides is 2. The number of hydrogen-bond acceptors (Lipinski definition) is 7. The quantitative estimate of drug-likeness (QED) is 0.392. The molecule has 1 aromatic carbocycles. The number of carbonyl (C=O) groups is 2. The van der Waals surface area contributed by atoms with Crippen molar-refractivity contribution in [2.45, 2.75) is 58.1 Å². The number of halogens is 1. The molecule has 36 heavy (non-hydrogen) atoms. The number of nitrogens with one attached hydrogen (secondary N) is 3. The summed E-state index contributed by atoms with van der Waals surface area (Å²) in [6, 6.07) is 5.55. The number of likely N-dealkylation sites (tertiary alicyclic amines) is 1. The summed E-state index contributed by atoms with van der Waals surface area (Å²) in [5.41, 5.74) is 0.574. The van der Waals surface area contributed by atoms with Gasteiger partial charge in [0.15, 0.2) is 0 Å². The summed E-state index contributed by atoms with van der Waals surface area (Å²) < 4.78 is 18.8. The van der Waals surface area contributed by atoms with Gasteiger partial charge in [-0.2, -0.15) is 4.98 Å². The molecule has 1 aliphatic rings. The molecule has 1 atom stereocenters. The van der Waals surface area contributed by atoms with Gasteiger partial charge in [0.1, 0.15) is 23.3 Å². The Bertz CT molecular complexity index is 1140. The minimum Gasteiger partial charge on any atom is -0.444 e. The Labute approximate surface area is 211 Å². The van der Waals surface area contributed by atoms with Crippen molar-refractivity contribution in [1.29, 1.82) is 0 Å². The molecule has 3 rings (SSSR count). The highest BCUT2D eigenvalue weighted by molar-refractivity contribution is 5.86. The minimum absolute atomic E-state index is 0.168. The van der Waals surface area contributed by atoms with Crippen LogP contribution in [0.15, 0.2) is 30.5 Å². The van der Waals surface area contributed by atoms with Gasteiger partial charge in [0.2, 0.25) is 11.9 Å². The molecule has 0 unspecified atom stereocenters. The lowest BCUT2D eigenvalue weighted by atomic mass is 10.2. The topological polar surface area (TPSA) is 108 Å². The zero-order valence-electron chi connectivity index (χ0n) is 21.2. The van der Waals surface area contributed by atoms with Crippen molar-refractivity contribution >= 4 is 29.5 Å². The summed E-state index contributed by atoms with van der Waals surface area (Å²) >= 11 is 0. The molecule has 9 nitrogen and oxygen atoms in total. The van der Waals surface area contributed by atoms with Crippen LogP contribution in [0.2, 0.25) is 0 Å². The minimum atomic E-state index is -0.601. The van der Waals surface area contributed by atoms with Gasteiger partial charge in [-0.05, 0) is 58.2 Å². The van der Waals surface area contributed by atoms with Crippen LogP contribution in [-0.2, 0) is 9.53 Å². The predicted octanol–water partition coefficient (Wildman–Crippen LogP) is 4.05. The normalized spacial score (nSPS) is 15.0. The van der Waals surface area contributed by atoms with Gasteiger partial charge in [0.05, 0.1) is 11.8 Å². The summed E-state index contributed by atoms with van der Waals surface area (Å²) in [7, 11) is 1.73. The molecule has 10 heteroatoms. The smallest absolute Gasteiger partial charge is 0.410 e. The van der Waals surface area contributed by atoms with Crippen molar-refractivity contribution in [1.82, 2.24) is 20.2 Å². The Morgan fingerprint density at radius 1 is 1.31 bits per heavy atom. The second-order valence-corrected chi connectivity index (χ2v) is 9.37. The Morgan fingerprint density at radius 3 is 2.83 bits per heavy atom. The highest BCUT2D eigenvalue weighted by Crippen LogP contribution is 2.21. The molecule has 2 heterocycles. The van der Waals surface area contributed by atoms with Crippen LogP contribution in [0.1, 0.15) is 52.0 Å². The van der Waals surface area contributed by atoms with Crippen molar-refractivity contribution in [3.05, 3.63) is 41.8 Å². The van der Waals surface area contributed by atoms with E-state index >= 15 is 0 Å². The lowest BCUT2D eigenvalue weighted by molar-refractivity contribution is -0.125. The number of aromatic nitrogens is 2. The number of anilines is 3. The van der Waals surface area contributed by atoms with Crippen LogP contribution in [0, 0.1) is 17.7 Å². The van der Waals surface area contributed by atoms with Crippen LogP contribution >= 0.6 is 0 Å². The largest absolute Gasteiger partial charge is 0.444 e. The molecule has 1 saturated heterocycles. The second-order valence-electron chi connectivity index (χ2n) is 9.37. The van der Waals surface area contributed by atoms with Gasteiger partial charge in [-0.25, -0.2) is 14.2 Å². The highest BCUT2D eigenvalue weighted by Gasteiger charge is 2.36. The van der Waals surface area contributed by atoms with E-state index in [1.807, 2.05) is 0 Å². The molecule has 1 aliphatic heterocycles. The van der Waals surface area contributed by atoms with E-state index in [-0.39, 0.29) is 11.7 Å². The van der Waals surface area contributed by atoms with E-state index in [2.05, 4.69) is 37.8 Å². The average Bonchev–Trinajstić information content (AvgIpc) is 3.31. The van der Waals surface area contributed by atoms with Crippen LogP contribution in [0.4, 0.5) is 26.6 Å². The molecule has 0 spiro atoms. The molecule has 192 valence electrons. The second kappa shape index (κ2) is 12.2. The van der Waals surface area contributed by atoms with Gasteiger partial charge < -0.3 is 20.7 Å². The lowest BCUT2D eigenvalue weighted by Gasteiger charge is -2.28. The number of carbonyl (C=O) groups excluding carboxylic acids is 2. The van der Waals surface area contributed by atoms with Crippen molar-refractivity contribution in [2.75, 3.05) is 30.8 Å². The fourth-order valence-electron chi connectivity index (χ4n) is 3.66. The standard InChI is InChI=1S/C26H33FN6O3/c1-26(2,3)36-25(35)33-15-9-13-21(33)23(34)29-14-7-5-6-10-18-17-30-24(32-22(18)28-4)31-20-12-8-11-19(27)16-20/h8,11-12,16-17,21H,5,7,9,13-15H2,1-4H3,(H,29,34)(H2,28,30,31,32)/t21-/m0/s1. The van der Waals surface area contributed by atoms with Gasteiger partial charge in [-0.3, -0.25) is 9.69 Å². The van der Waals surface area contributed by atoms with Crippen molar-refractivity contribution in [3.63, 3.8) is 0 Å². The molecule has 0 radical (unpaired) electrons. The zero-order valence-corrected chi connectivity index (χ0v) is 21.2. The molecule has 0 aliphatic carbocycles. The summed E-state index contributed by atoms with van der Waals surface area (Å²) in [5, 5.41) is 8.85. The molecule has 0 saturated carbocycles. The lowest BCUT2D eigenvalue weighted by Crippen LogP contribution is -2.47. The van der Waals surface area contributed by atoms with E-state index in [9.17, 15) is 14.0 Å². The van der Waals surface area contributed by atoms with Crippen LogP contribution < -0.4 is 16.0 Å². The van der Waals surface area contributed by atoms with Crippen LogP contribution in [0.25, 0.3) is 0 Å². The van der Waals surface area contributed by atoms with Gasteiger partial charge in [0.25, 0.3) is 0 Å². The number of hydrogen-bond donors (Lipinski definition) is 3. The molecule has 2 aromatic rings. The van der Waals surface area contributed by atoms with Gasteiger partial charge in [-0.1, -0.05) is 17.9 Å².